The number of rotatable bonds is 4. The van der Waals surface area contributed by atoms with Gasteiger partial charge in [-0.05, 0) is 38.5 Å². The predicted molar refractivity (Wildman–Crippen MR) is 78.4 cm³/mol. The first kappa shape index (κ1) is 13.7. The van der Waals surface area contributed by atoms with Crippen LogP contribution in [0.25, 0.3) is 0 Å². The second kappa shape index (κ2) is 5.52. The van der Waals surface area contributed by atoms with Gasteiger partial charge in [0.25, 0.3) is 0 Å². The molecular formula is C13H18N4OS. The van der Waals surface area contributed by atoms with E-state index in [0.717, 1.165) is 11.3 Å². The van der Waals surface area contributed by atoms with Crippen LogP contribution in [0.4, 0.5) is 5.69 Å². The Morgan fingerprint density at radius 3 is 2.47 bits per heavy atom. The molecule has 0 aliphatic heterocycles. The first-order valence-corrected chi connectivity index (χ1v) is 7.06. The van der Waals surface area contributed by atoms with Crippen LogP contribution in [0.2, 0.25) is 0 Å². The summed E-state index contributed by atoms with van der Waals surface area (Å²) in [7, 11) is 0. The number of nitrogens with one attached hydrogen (secondary N) is 1. The number of nitrogen functional groups attached to an aromatic ring is 1. The first-order chi connectivity index (χ1) is 8.99. The molecule has 1 aromatic carbocycles. The Morgan fingerprint density at radius 2 is 1.89 bits per heavy atom. The maximum atomic E-state index is 11.7. The molecule has 5 nitrogen and oxygen atoms in total. The molecule has 1 heterocycles. The van der Waals surface area contributed by atoms with E-state index in [0.29, 0.717) is 5.16 Å². The van der Waals surface area contributed by atoms with E-state index in [1.807, 2.05) is 38.1 Å². The molecule has 2 rings (SSSR count). The van der Waals surface area contributed by atoms with Gasteiger partial charge in [-0.3, -0.25) is 4.57 Å². The summed E-state index contributed by atoms with van der Waals surface area (Å²) in [5, 5.41) is 7.50. The Hall–Kier alpha value is -1.69. The molecule has 19 heavy (non-hydrogen) atoms. The lowest BCUT2D eigenvalue weighted by molar-refractivity contribution is 0.533. The van der Waals surface area contributed by atoms with Crippen molar-refractivity contribution in [1.82, 2.24) is 14.8 Å². The Balaban J connectivity index is 2.21. The van der Waals surface area contributed by atoms with Gasteiger partial charge >= 0.3 is 5.69 Å². The van der Waals surface area contributed by atoms with Gasteiger partial charge in [-0.2, -0.15) is 0 Å². The lowest BCUT2D eigenvalue weighted by Crippen LogP contribution is -2.19. The predicted octanol–water partition coefficient (Wildman–Crippen LogP) is 2.59. The highest BCUT2D eigenvalue weighted by Crippen LogP contribution is 2.33. The average molecular weight is 278 g/mol. The molecule has 0 radical (unpaired) electrons. The Bertz CT molecular complexity index is 600. The van der Waals surface area contributed by atoms with E-state index >= 15 is 0 Å². The molecule has 1 atom stereocenters. The Labute approximate surface area is 116 Å². The molecule has 0 amide bonds. The van der Waals surface area contributed by atoms with Crippen LogP contribution in [-0.2, 0) is 0 Å². The van der Waals surface area contributed by atoms with E-state index < -0.39 is 0 Å². The normalized spacial score (nSPS) is 12.8. The number of anilines is 1. The smallest absolute Gasteiger partial charge is 0.344 e. The minimum atomic E-state index is -0.165. The van der Waals surface area contributed by atoms with E-state index in [4.69, 9.17) is 5.73 Å². The van der Waals surface area contributed by atoms with Crippen molar-refractivity contribution in [3.63, 3.8) is 0 Å². The highest BCUT2D eigenvalue weighted by molar-refractivity contribution is 7.99. The van der Waals surface area contributed by atoms with Crippen molar-refractivity contribution in [3.8, 4) is 0 Å². The molecule has 1 unspecified atom stereocenters. The number of H-pyrrole nitrogens is 1. The highest BCUT2D eigenvalue weighted by Gasteiger charge is 2.16. The maximum Gasteiger partial charge on any atom is 0.344 e. The second-order valence-electron chi connectivity index (χ2n) is 4.70. The van der Waals surface area contributed by atoms with Gasteiger partial charge in [-0.15, -0.1) is 5.10 Å². The number of hydrogen-bond donors (Lipinski definition) is 2. The van der Waals surface area contributed by atoms with Gasteiger partial charge in [0.05, 0.1) is 0 Å². The summed E-state index contributed by atoms with van der Waals surface area (Å²) in [6, 6.07) is 7.85. The molecule has 0 aliphatic carbocycles. The fourth-order valence-corrected chi connectivity index (χ4v) is 2.94. The highest BCUT2D eigenvalue weighted by atomic mass is 32.2. The minimum Gasteiger partial charge on any atom is -0.399 e. The van der Waals surface area contributed by atoms with E-state index in [9.17, 15) is 4.79 Å². The number of nitrogens with two attached hydrogens (primary N) is 1. The third-order valence-electron chi connectivity index (χ3n) is 2.88. The van der Waals surface area contributed by atoms with Crippen molar-refractivity contribution >= 4 is 17.4 Å². The number of benzene rings is 1. The molecule has 0 fully saturated rings. The third kappa shape index (κ3) is 3.01. The van der Waals surface area contributed by atoms with Crippen molar-refractivity contribution in [2.75, 3.05) is 5.73 Å². The molecule has 0 saturated carbocycles. The molecule has 102 valence electrons. The number of hydrogen-bond acceptors (Lipinski definition) is 4. The number of nitrogens with zero attached hydrogens (tertiary/aromatic N) is 2. The number of aromatic nitrogens is 3. The topological polar surface area (TPSA) is 76.7 Å². The summed E-state index contributed by atoms with van der Waals surface area (Å²) in [4.78, 5) is 11.7. The maximum absolute atomic E-state index is 11.7. The third-order valence-corrected chi connectivity index (χ3v) is 4.00. The van der Waals surface area contributed by atoms with E-state index in [-0.39, 0.29) is 17.0 Å². The van der Waals surface area contributed by atoms with Crippen LogP contribution in [0.1, 0.15) is 37.6 Å². The van der Waals surface area contributed by atoms with Crippen LogP contribution in [0, 0.1) is 0 Å². The van der Waals surface area contributed by atoms with Gasteiger partial charge in [-0.25, -0.2) is 9.89 Å². The molecular weight excluding hydrogens is 260 g/mol. The minimum absolute atomic E-state index is 0.0902. The van der Waals surface area contributed by atoms with Gasteiger partial charge in [-0.1, -0.05) is 23.9 Å². The monoisotopic (exact) mass is 278 g/mol. The van der Waals surface area contributed by atoms with Gasteiger partial charge in [0.15, 0.2) is 5.16 Å². The largest absolute Gasteiger partial charge is 0.399 e. The molecule has 0 spiro atoms. The lowest BCUT2D eigenvalue weighted by Gasteiger charge is -2.13. The van der Waals surface area contributed by atoms with Crippen molar-refractivity contribution in [3.05, 3.63) is 40.3 Å². The van der Waals surface area contributed by atoms with Gasteiger partial charge in [0.2, 0.25) is 0 Å². The lowest BCUT2D eigenvalue weighted by atomic mass is 10.1. The van der Waals surface area contributed by atoms with Gasteiger partial charge in [0, 0.05) is 17.0 Å². The molecule has 2 aromatic rings. The first-order valence-electron chi connectivity index (χ1n) is 6.18. The molecule has 6 heteroatoms. The summed E-state index contributed by atoms with van der Waals surface area (Å²) in [6.45, 7) is 6.02. The summed E-state index contributed by atoms with van der Waals surface area (Å²) in [5.74, 6) is 0. The fourth-order valence-electron chi connectivity index (χ4n) is 1.82. The fraction of sp³-hybridized carbons (Fsp3) is 0.385. The number of thioether (sulfide) groups is 1. The molecule has 0 saturated heterocycles. The van der Waals surface area contributed by atoms with Crippen LogP contribution < -0.4 is 11.4 Å². The van der Waals surface area contributed by atoms with Crippen molar-refractivity contribution in [2.45, 2.75) is 37.2 Å². The van der Waals surface area contributed by atoms with Crippen molar-refractivity contribution in [1.29, 1.82) is 0 Å². The average Bonchev–Trinajstić information content (AvgIpc) is 2.71. The SMILES string of the molecule is CC(Sc1n[nH]c(=O)n1C(C)C)c1ccc(N)cc1. The molecule has 1 aromatic heterocycles. The second-order valence-corrected chi connectivity index (χ2v) is 6.01. The van der Waals surface area contributed by atoms with E-state index in [1.165, 1.54) is 0 Å². The summed E-state index contributed by atoms with van der Waals surface area (Å²) in [5.41, 5.74) is 7.42. The van der Waals surface area contributed by atoms with Gasteiger partial charge < -0.3 is 5.73 Å². The zero-order valence-electron chi connectivity index (χ0n) is 11.3. The summed E-state index contributed by atoms with van der Waals surface area (Å²) >= 11 is 1.56. The summed E-state index contributed by atoms with van der Waals surface area (Å²) < 4.78 is 1.67. The Kier molecular flexibility index (Phi) is 3.99. The Morgan fingerprint density at radius 1 is 1.26 bits per heavy atom. The van der Waals surface area contributed by atoms with E-state index in [2.05, 4.69) is 17.1 Å². The zero-order valence-corrected chi connectivity index (χ0v) is 12.1. The van der Waals surface area contributed by atoms with Gasteiger partial charge in [0.1, 0.15) is 0 Å². The molecule has 0 bridgehead atoms. The quantitative estimate of drug-likeness (QED) is 0.665. The number of aromatic amines is 1. The van der Waals surface area contributed by atoms with Crippen LogP contribution in [-0.4, -0.2) is 14.8 Å². The molecule has 3 N–H and O–H groups in total. The van der Waals surface area contributed by atoms with E-state index in [1.54, 1.807) is 16.3 Å². The standard InChI is InChI=1S/C13H18N4OS/c1-8(2)17-12(18)15-16-13(17)19-9(3)10-4-6-11(14)7-5-10/h4-9H,14H2,1-3H3,(H,15,18). The van der Waals surface area contributed by atoms with Crippen molar-refractivity contribution < 1.29 is 0 Å². The summed E-state index contributed by atoms with van der Waals surface area (Å²) in [6.07, 6.45) is 0. The van der Waals surface area contributed by atoms with Crippen molar-refractivity contribution in [2.24, 2.45) is 0 Å². The van der Waals surface area contributed by atoms with Crippen LogP contribution in [0.15, 0.2) is 34.2 Å². The molecule has 0 aliphatic rings. The van der Waals surface area contributed by atoms with Crippen LogP contribution >= 0.6 is 11.8 Å². The zero-order chi connectivity index (χ0) is 14.0. The van der Waals surface area contributed by atoms with Crippen LogP contribution in [0.5, 0.6) is 0 Å². The van der Waals surface area contributed by atoms with Crippen LogP contribution in [0.3, 0.4) is 0 Å².